The summed E-state index contributed by atoms with van der Waals surface area (Å²) >= 11 is 1.71. The molecule has 4 nitrogen and oxygen atoms in total. The Kier molecular flexibility index (Phi) is 5.55. The van der Waals surface area contributed by atoms with Gasteiger partial charge in [0.25, 0.3) is 5.91 Å². The lowest BCUT2D eigenvalue weighted by Crippen LogP contribution is -2.87. The first-order chi connectivity index (χ1) is 13.7. The monoisotopic (exact) mass is 391 g/mol. The van der Waals surface area contributed by atoms with Crippen LogP contribution in [0, 0.1) is 0 Å². The minimum Gasteiger partial charge on any atom is -0.459 e. The van der Waals surface area contributed by atoms with Gasteiger partial charge in [-0.05, 0) is 30.5 Å². The molecule has 3 N–H and O–H groups in total. The van der Waals surface area contributed by atoms with Crippen LogP contribution in [0.5, 0.6) is 0 Å². The van der Waals surface area contributed by atoms with E-state index >= 15 is 0 Å². The van der Waals surface area contributed by atoms with Crippen LogP contribution in [0.2, 0.25) is 0 Å². The average molecular weight is 392 g/mol. The van der Waals surface area contributed by atoms with Crippen molar-refractivity contribution in [2.45, 2.75) is 19.0 Å². The number of thiophene rings is 1. The minimum absolute atomic E-state index is 0.00885. The van der Waals surface area contributed by atoms with Crippen molar-refractivity contribution in [1.29, 1.82) is 0 Å². The van der Waals surface area contributed by atoms with Gasteiger partial charge in [0.15, 0.2) is 6.54 Å². The van der Waals surface area contributed by atoms with Crippen molar-refractivity contribution in [2.75, 3.05) is 6.54 Å². The summed E-state index contributed by atoms with van der Waals surface area (Å²) in [5, 5.41) is 8.25. The summed E-state index contributed by atoms with van der Waals surface area (Å²) in [7, 11) is 0. The van der Waals surface area contributed by atoms with Crippen LogP contribution in [0.3, 0.4) is 0 Å². The number of nitrogens with two attached hydrogens (primary N) is 1. The summed E-state index contributed by atoms with van der Waals surface area (Å²) in [5.74, 6) is 0.762. The lowest BCUT2D eigenvalue weighted by Gasteiger charge is -2.16. The molecule has 2 aromatic heterocycles. The van der Waals surface area contributed by atoms with E-state index < -0.39 is 0 Å². The summed E-state index contributed by atoms with van der Waals surface area (Å²) in [5.41, 5.74) is 2.04. The second kappa shape index (κ2) is 8.42. The van der Waals surface area contributed by atoms with Crippen LogP contribution >= 0.6 is 11.3 Å². The van der Waals surface area contributed by atoms with Gasteiger partial charge < -0.3 is 15.1 Å². The highest BCUT2D eigenvalue weighted by Crippen LogP contribution is 2.24. The SMILES string of the molecule is C[C@@H](NC(=O)C[NH2+][C@H](c1ccccc1)c1cccs1)c1cc2ccccc2o1. The number of amides is 1. The molecule has 0 aliphatic carbocycles. The van der Waals surface area contributed by atoms with Crippen LogP contribution in [-0.4, -0.2) is 12.5 Å². The van der Waals surface area contributed by atoms with E-state index in [1.54, 1.807) is 11.3 Å². The second-order valence-corrected chi connectivity index (χ2v) is 7.80. The van der Waals surface area contributed by atoms with Crippen LogP contribution in [0.4, 0.5) is 0 Å². The van der Waals surface area contributed by atoms with Gasteiger partial charge in [-0.2, -0.15) is 0 Å². The topological polar surface area (TPSA) is 58.9 Å². The van der Waals surface area contributed by atoms with Crippen molar-refractivity contribution in [3.8, 4) is 0 Å². The molecule has 0 fully saturated rings. The number of hydrogen-bond acceptors (Lipinski definition) is 3. The van der Waals surface area contributed by atoms with E-state index in [0.29, 0.717) is 6.54 Å². The average Bonchev–Trinajstić information content (AvgIpc) is 3.39. The molecule has 2 aromatic carbocycles. The van der Waals surface area contributed by atoms with Gasteiger partial charge in [-0.25, -0.2) is 0 Å². The smallest absolute Gasteiger partial charge is 0.275 e. The molecule has 0 saturated heterocycles. The maximum Gasteiger partial charge on any atom is 0.275 e. The third-order valence-electron chi connectivity index (χ3n) is 4.80. The van der Waals surface area contributed by atoms with Gasteiger partial charge in [-0.1, -0.05) is 54.6 Å². The van der Waals surface area contributed by atoms with Crippen molar-refractivity contribution in [3.05, 3.63) is 94.4 Å². The number of hydrogen-bond donors (Lipinski definition) is 2. The number of quaternary nitrogens is 1. The van der Waals surface area contributed by atoms with E-state index in [9.17, 15) is 4.79 Å². The summed E-state index contributed by atoms with van der Waals surface area (Å²) < 4.78 is 5.86. The molecule has 0 spiro atoms. The Morgan fingerprint density at radius 3 is 2.61 bits per heavy atom. The Balaban J connectivity index is 1.41. The van der Waals surface area contributed by atoms with Crippen LogP contribution < -0.4 is 10.6 Å². The molecule has 2 heterocycles. The van der Waals surface area contributed by atoms with Crippen molar-refractivity contribution in [1.82, 2.24) is 5.32 Å². The second-order valence-electron chi connectivity index (χ2n) is 6.82. The largest absolute Gasteiger partial charge is 0.459 e. The summed E-state index contributed by atoms with van der Waals surface area (Å²) in [6.45, 7) is 2.30. The van der Waals surface area contributed by atoms with Crippen molar-refractivity contribution >= 4 is 28.2 Å². The summed E-state index contributed by atoms with van der Waals surface area (Å²) in [6, 6.07) is 24.3. The third kappa shape index (κ3) is 4.16. The zero-order valence-corrected chi connectivity index (χ0v) is 16.5. The van der Waals surface area contributed by atoms with Gasteiger partial charge in [0, 0.05) is 10.9 Å². The van der Waals surface area contributed by atoms with Crippen molar-refractivity contribution < 1.29 is 14.5 Å². The molecular weight excluding hydrogens is 368 g/mol. The molecule has 0 aliphatic rings. The first-order valence-electron chi connectivity index (χ1n) is 9.40. The first-order valence-corrected chi connectivity index (χ1v) is 10.3. The Morgan fingerprint density at radius 2 is 1.86 bits per heavy atom. The maximum atomic E-state index is 12.6. The summed E-state index contributed by atoms with van der Waals surface area (Å²) in [4.78, 5) is 13.8. The molecule has 0 radical (unpaired) electrons. The number of rotatable bonds is 7. The van der Waals surface area contributed by atoms with Gasteiger partial charge in [0.1, 0.15) is 17.4 Å². The zero-order chi connectivity index (χ0) is 19.3. The first kappa shape index (κ1) is 18.5. The van der Waals surface area contributed by atoms with Crippen LogP contribution in [0.1, 0.15) is 35.2 Å². The molecule has 4 aromatic rings. The third-order valence-corrected chi connectivity index (χ3v) is 5.75. The van der Waals surface area contributed by atoms with E-state index in [1.165, 1.54) is 10.4 Å². The number of benzene rings is 2. The van der Waals surface area contributed by atoms with Crippen LogP contribution in [0.15, 0.2) is 82.6 Å². The number of carbonyl (C=O) groups excluding carboxylic acids is 1. The predicted molar refractivity (Wildman–Crippen MR) is 112 cm³/mol. The van der Waals surface area contributed by atoms with Crippen LogP contribution in [0.25, 0.3) is 11.0 Å². The number of furan rings is 1. The van der Waals surface area contributed by atoms with Gasteiger partial charge in [-0.3, -0.25) is 4.79 Å². The van der Waals surface area contributed by atoms with Crippen molar-refractivity contribution in [2.24, 2.45) is 0 Å². The number of para-hydroxylation sites is 1. The summed E-state index contributed by atoms with van der Waals surface area (Å²) in [6.07, 6.45) is 0. The van der Waals surface area contributed by atoms with Gasteiger partial charge in [0.2, 0.25) is 0 Å². The predicted octanol–water partition coefficient (Wildman–Crippen LogP) is 4.02. The lowest BCUT2D eigenvalue weighted by atomic mass is 10.1. The fourth-order valence-corrected chi connectivity index (χ4v) is 4.21. The lowest BCUT2D eigenvalue weighted by molar-refractivity contribution is -0.676. The fraction of sp³-hybridized carbons (Fsp3) is 0.174. The molecule has 0 bridgehead atoms. The standard InChI is InChI=1S/C23H22N2O2S/c1-16(20-14-18-10-5-6-11-19(18)27-20)25-22(26)15-24-23(21-12-7-13-28-21)17-8-3-2-4-9-17/h2-14,16,23-24H,15H2,1H3,(H,25,26)/p+1/t16-,23-/m1/s1. The quantitative estimate of drug-likeness (QED) is 0.500. The highest BCUT2D eigenvalue weighted by Gasteiger charge is 2.21. The highest BCUT2D eigenvalue weighted by molar-refractivity contribution is 7.10. The molecule has 142 valence electrons. The molecule has 28 heavy (non-hydrogen) atoms. The van der Waals surface area contributed by atoms with E-state index in [1.807, 2.05) is 61.5 Å². The number of carbonyl (C=O) groups is 1. The Hall–Kier alpha value is -2.89. The molecule has 0 aliphatic heterocycles. The number of fused-ring (bicyclic) bond motifs is 1. The molecule has 5 heteroatoms. The molecule has 0 saturated carbocycles. The van der Waals surface area contributed by atoms with E-state index in [2.05, 4.69) is 34.2 Å². The molecule has 0 unspecified atom stereocenters. The van der Waals surface area contributed by atoms with Gasteiger partial charge in [0.05, 0.1) is 10.9 Å². The molecule has 1 amide bonds. The molecule has 4 rings (SSSR count). The zero-order valence-electron chi connectivity index (χ0n) is 15.7. The minimum atomic E-state index is -0.176. The molecule has 2 atom stereocenters. The van der Waals surface area contributed by atoms with Gasteiger partial charge in [-0.15, -0.1) is 11.3 Å². The maximum absolute atomic E-state index is 12.6. The normalized spacial score (nSPS) is 13.3. The van der Waals surface area contributed by atoms with Crippen LogP contribution in [-0.2, 0) is 4.79 Å². The Bertz CT molecular complexity index is 1010. The highest BCUT2D eigenvalue weighted by atomic mass is 32.1. The fourth-order valence-electron chi connectivity index (χ4n) is 3.36. The van der Waals surface area contributed by atoms with E-state index in [4.69, 9.17) is 4.42 Å². The molecular formula is C23H23N2O2S+. The van der Waals surface area contributed by atoms with Gasteiger partial charge >= 0.3 is 0 Å². The van der Waals surface area contributed by atoms with E-state index in [0.717, 1.165) is 16.7 Å². The number of nitrogens with one attached hydrogen (secondary N) is 1. The van der Waals surface area contributed by atoms with E-state index in [-0.39, 0.29) is 18.0 Å². The Morgan fingerprint density at radius 1 is 1.07 bits per heavy atom. The van der Waals surface area contributed by atoms with Crippen molar-refractivity contribution in [3.63, 3.8) is 0 Å². The Labute approximate surface area is 168 Å².